The minimum atomic E-state index is 0.231. The van der Waals surface area contributed by atoms with E-state index >= 15 is 0 Å². The molecular formula is C19H33NO. The monoisotopic (exact) mass is 291 g/mol. The lowest BCUT2D eigenvalue weighted by atomic mass is 9.87. The van der Waals surface area contributed by atoms with Crippen molar-refractivity contribution in [1.82, 2.24) is 5.32 Å². The lowest BCUT2D eigenvalue weighted by molar-refractivity contribution is 0.233. The molecule has 1 rings (SSSR count). The van der Waals surface area contributed by atoms with Crippen molar-refractivity contribution in [3.8, 4) is 0 Å². The van der Waals surface area contributed by atoms with Crippen LogP contribution in [0.5, 0.6) is 0 Å². The summed E-state index contributed by atoms with van der Waals surface area (Å²) in [5.74, 6) is 0.707. The summed E-state index contributed by atoms with van der Waals surface area (Å²) in [6, 6.07) is 9.37. The summed E-state index contributed by atoms with van der Waals surface area (Å²) in [6.07, 6.45) is 3.08. The van der Waals surface area contributed by atoms with Crippen LogP contribution in [-0.4, -0.2) is 18.3 Å². The van der Waals surface area contributed by atoms with E-state index in [4.69, 9.17) is 5.11 Å². The van der Waals surface area contributed by atoms with Gasteiger partial charge in [0, 0.05) is 19.2 Å². The number of hydrogen-bond acceptors (Lipinski definition) is 2. The maximum Gasteiger partial charge on any atom is 0.0431 e. The Balaban J connectivity index is 2.49. The molecule has 21 heavy (non-hydrogen) atoms. The molecule has 0 bridgehead atoms. The van der Waals surface area contributed by atoms with Gasteiger partial charge in [0.1, 0.15) is 0 Å². The zero-order chi connectivity index (χ0) is 15.9. The summed E-state index contributed by atoms with van der Waals surface area (Å²) in [5, 5.41) is 12.6. The van der Waals surface area contributed by atoms with Gasteiger partial charge >= 0.3 is 0 Å². The number of benzene rings is 1. The molecule has 1 atom stereocenters. The molecule has 1 unspecified atom stereocenters. The van der Waals surface area contributed by atoms with Crippen LogP contribution < -0.4 is 5.32 Å². The molecule has 0 aromatic heterocycles. The first-order chi connectivity index (χ1) is 9.84. The fourth-order valence-corrected chi connectivity index (χ4v) is 2.61. The molecule has 120 valence electrons. The van der Waals surface area contributed by atoms with Gasteiger partial charge in [-0.3, -0.25) is 0 Å². The Hall–Kier alpha value is -0.860. The van der Waals surface area contributed by atoms with E-state index in [1.165, 1.54) is 11.1 Å². The molecule has 2 nitrogen and oxygen atoms in total. The summed E-state index contributed by atoms with van der Waals surface area (Å²) in [7, 11) is 0. The topological polar surface area (TPSA) is 32.3 Å². The van der Waals surface area contributed by atoms with Crippen LogP contribution in [0.25, 0.3) is 0 Å². The maximum absolute atomic E-state index is 8.95. The smallest absolute Gasteiger partial charge is 0.0431 e. The highest BCUT2D eigenvalue weighted by atomic mass is 16.2. The van der Waals surface area contributed by atoms with Crippen LogP contribution in [0.1, 0.15) is 64.6 Å². The highest BCUT2D eigenvalue weighted by Crippen LogP contribution is 2.23. The van der Waals surface area contributed by atoms with Gasteiger partial charge in [-0.2, -0.15) is 0 Å². The number of aliphatic hydroxyl groups is 1. The van der Waals surface area contributed by atoms with Gasteiger partial charge in [-0.05, 0) is 48.6 Å². The van der Waals surface area contributed by atoms with E-state index in [1.54, 1.807) is 0 Å². The molecule has 0 saturated carbocycles. The molecule has 0 aliphatic heterocycles. The molecule has 2 N–H and O–H groups in total. The third-order valence-electron chi connectivity index (χ3n) is 4.02. The molecular weight excluding hydrogens is 258 g/mol. The predicted octanol–water partition coefficient (Wildman–Crippen LogP) is 4.33. The van der Waals surface area contributed by atoms with Crippen molar-refractivity contribution in [2.75, 3.05) is 13.2 Å². The fourth-order valence-electron chi connectivity index (χ4n) is 2.61. The zero-order valence-electron chi connectivity index (χ0n) is 14.4. The van der Waals surface area contributed by atoms with Gasteiger partial charge in [-0.25, -0.2) is 0 Å². The Labute approximate surface area is 131 Å². The van der Waals surface area contributed by atoms with E-state index < -0.39 is 0 Å². The molecule has 0 saturated heterocycles. The minimum absolute atomic E-state index is 0.231. The Bertz CT molecular complexity index is 395. The fraction of sp³-hybridized carbons (Fsp3) is 0.684. The molecule has 0 spiro atoms. The summed E-state index contributed by atoms with van der Waals surface area (Å²) in [5.41, 5.74) is 3.00. The molecule has 0 aliphatic rings. The zero-order valence-corrected chi connectivity index (χ0v) is 14.4. The molecule has 0 heterocycles. The van der Waals surface area contributed by atoms with Crippen LogP contribution >= 0.6 is 0 Å². The minimum Gasteiger partial charge on any atom is -0.396 e. The van der Waals surface area contributed by atoms with Crippen molar-refractivity contribution in [2.24, 2.45) is 11.3 Å². The van der Waals surface area contributed by atoms with E-state index in [0.29, 0.717) is 12.0 Å². The Morgan fingerprint density at radius 2 is 1.71 bits per heavy atom. The van der Waals surface area contributed by atoms with Crippen molar-refractivity contribution in [1.29, 1.82) is 0 Å². The number of hydrogen-bond donors (Lipinski definition) is 2. The molecule has 1 aromatic carbocycles. The number of rotatable bonds is 9. The summed E-state index contributed by atoms with van der Waals surface area (Å²) >= 11 is 0. The van der Waals surface area contributed by atoms with Crippen LogP contribution in [0.15, 0.2) is 24.3 Å². The lowest BCUT2D eigenvalue weighted by Crippen LogP contribution is -2.31. The Morgan fingerprint density at radius 1 is 1.10 bits per heavy atom. The summed E-state index contributed by atoms with van der Waals surface area (Å²) in [6.45, 7) is 12.5. The van der Waals surface area contributed by atoms with Crippen LogP contribution in [-0.2, 0) is 6.42 Å². The molecule has 1 aromatic rings. The van der Waals surface area contributed by atoms with Crippen molar-refractivity contribution in [2.45, 2.75) is 59.9 Å². The average molecular weight is 291 g/mol. The van der Waals surface area contributed by atoms with Gasteiger partial charge in [-0.1, -0.05) is 52.0 Å². The maximum atomic E-state index is 8.95. The Kier molecular flexibility index (Phi) is 7.41. The highest BCUT2D eigenvalue weighted by Gasteiger charge is 2.18. The molecule has 0 fully saturated rings. The van der Waals surface area contributed by atoms with E-state index in [-0.39, 0.29) is 12.0 Å². The van der Waals surface area contributed by atoms with Crippen LogP contribution in [0.3, 0.4) is 0 Å². The third-order valence-corrected chi connectivity index (χ3v) is 4.02. The first-order valence-electron chi connectivity index (χ1n) is 8.27. The van der Waals surface area contributed by atoms with Gasteiger partial charge in [0.05, 0.1) is 0 Å². The molecule has 0 amide bonds. The van der Waals surface area contributed by atoms with Gasteiger partial charge < -0.3 is 10.4 Å². The quantitative estimate of drug-likeness (QED) is 0.709. The number of nitrogens with one attached hydrogen (secondary N) is 1. The first-order valence-corrected chi connectivity index (χ1v) is 8.27. The van der Waals surface area contributed by atoms with E-state index in [2.05, 4.69) is 64.2 Å². The van der Waals surface area contributed by atoms with Crippen molar-refractivity contribution < 1.29 is 5.11 Å². The first kappa shape index (κ1) is 18.2. The molecule has 0 radical (unpaired) electrons. The molecule has 0 aliphatic carbocycles. The van der Waals surface area contributed by atoms with Crippen molar-refractivity contribution in [3.05, 3.63) is 35.4 Å². The van der Waals surface area contributed by atoms with E-state index in [0.717, 1.165) is 25.8 Å². The van der Waals surface area contributed by atoms with Gasteiger partial charge in [0.2, 0.25) is 0 Å². The lowest BCUT2D eigenvalue weighted by Gasteiger charge is -2.27. The number of aliphatic hydroxyl groups excluding tert-OH is 1. The van der Waals surface area contributed by atoms with Crippen molar-refractivity contribution in [3.63, 3.8) is 0 Å². The third kappa shape index (κ3) is 7.10. The summed E-state index contributed by atoms with van der Waals surface area (Å²) < 4.78 is 0. The van der Waals surface area contributed by atoms with E-state index in [9.17, 15) is 0 Å². The largest absolute Gasteiger partial charge is 0.396 e. The predicted molar refractivity (Wildman–Crippen MR) is 91.5 cm³/mol. The molecule has 2 heteroatoms. The van der Waals surface area contributed by atoms with Gasteiger partial charge in [0.25, 0.3) is 0 Å². The van der Waals surface area contributed by atoms with Gasteiger partial charge in [-0.15, -0.1) is 0 Å². The van der Waals surface area contributed by atoms with Crippen molar-refractivity contribution >= 4 is 0 Å². The van der Waals surface area contributed by atoms with E-state index in [1.807, 2.05) is 0 Å². The SMILES string of the molecule is CC(C)Cc1ccc(C(C)NCC(C)(C)CCCO)cc1. The standard InChI is InChI=1S/C19H33NO/c1-15(2)13-17-7-9-18(10-8-17)16(3)20-14-19(4,5)11-6-12-21/h7-10,15-16,20-21H,6,11-14H2,1-5H3. The summed E-state index contributed by atoms with van der Waals surface area (Å²) in [4.78, 5) is 0. The van der Waals surface area contributed by atoms with Crippen LogP contribution in [0.2, 0.25) is 0 Å². The second-order valence-corrected chi connectivity index (χ2v) is 7.43. The van der Waals surface area contributed by atoms with Gasteiger partial charge in [0.15, 0.2) is 0 Å². The normalized spacial score (nSPS) is 13.7. The second-order valence-electron chi connectivity index (χ2n) is 7.43. The van der Waals surface area contributed by atoms with Crippen LogP contribution in [0, 0.1) is 11.3 Å². The average Bonchev–Trinajstić information content (AvgIpc) is 2.43. The Morgan fingerprint density at radius 3 is 2.24 bits per heavy atom. The highest BCUT2D eigenvalue weighted by molar-refractivity contribution is 5.25. The second kappa shape index (κ2) is 8.55. The van der Waals surface area contributed by atoms with Crippen LogP contribution in [0.4, 0.5) is 0 Å².